The summed E-state index contributed by atoms with van der Waals surface area (Å²) in [5.74, 6) is -2.18. The zero-order valence-electron chi connectivity index (χ0n) is 15.5. The molecule has 0 aliphatic rings. The van der Waals surface area contributed by atoms with Crippen LogP contribution >= 0.6 is 0 Å². The Morgan fingerprint density at radius 2 is 1.78 bits per heavy atom. The smallest absolute Gasteiger partial charge is 0.405 e. The largest absolute Gasteiger partial charge is 0.465 e. The van der Waals surface area contributed by atoms with E-state index in [1.165, 1.54) is 26.1 Å². The number of carbonyl (C=O) groups excluding carboxylic acids is 1. The van der Waals surface area contributed by atoms with Crippen molar-refractivity contribution >= 4 is 11.9 Å². The molecule has 0 bridgehead atoms. The maximum absolute atomic E-state index is 14.0. The average molecular weight is 377 g/mol. The lowest BCUT2D eigenvalue weighted by atomic mass is 9.82. The number of halogens is 2. The van der Waals surface area contributed by atoms with Gasteiger partial charge in [0, 0.05) is 17.8 Å². The van der Waals surface area contributed by atoms with Crippen molar-refractivity contribution in [2.24, 2.45) is 0 Å². The third kappa shape index (κ3) is 4.84. The van der Waals surface area contributed by atoms with Crippen LogP contribution in [0.1, 0.15) is 49.4 Å². The lowest BCUT2D eigenvalue weighted by molar-refractivity contribution is 0.0897. The van der Waals surface area contributed by atoms with Crippen LogP contribution < -0.4 is 5.32 Å². The Balaban J connectivity index is 2.23. The number of carbonyl (C=O) groups is 2. The molecule has 6 nitrogen and oxygen atoms in total. The first-order valence-corrected chi connectivity index (χ1v) is 8.25. The Hall–Kier alpha value is -2.90. The van der Waals surface area contributed by atoms with E-state index in [1.54, 1.807) is 19.9 Å². The summed E-state index contributed by atoms with van der Waals surface area (Å²) in [4.78, 5) is 31.5. The zero-order chi connectivity index (χ0) is 20.4. The molecule has 0 aliphatic carbocycles. The van der Waals surface area contributed by atoms with Crippen molar-refractivity contribution < 1.29 is 23.5 Å². The van der Waals surface area contributed by atoms with Crippen LogP contribution in [-0.4, -0.2) is 32.5 Å². The van der Waals surface area contributed by atoms with Gasteiger partial charge in [0.05, 0.1) is 17.3 Å². The fourth-order valence-electron chi connectivity index (χ4n) is 2.81. The van der Waals surface area contributed by atoms with Crippen molar-refractivity contribution in [2.75, 3.05) is 0 Å². The summed E-state index contributed by atoms with van der Waals surface area (Å²) in [6.45, 7) is 6.45. The molecule has 2 heterocycles. The van der Waals surface area contributed by atoms with Gasteiger partial charge in [0.1, 0.15) is 17.3 Å². The van der Waals surface area contributed by atoms with Crippen molar-refractivity contribution in [1.82, 2.24) is 15.3 Å². The van der Waals surface area contributed by atoms with Gasteiger partial charge in [-0.3, -0.25) is 14.8 Å². The highest BCUT2D eigenvalue weighted by Gasteiger charge is 2.35. The molecule has 2 N–H and O–H groups in total. The van der Waals surface area contributed by atoms with Crippen LogP contribution in [0.25, 0.3) is 0 Å². The van der Waals surface area contributed by atoms with Crippen molar-refractivity contribution in [3.05, 3.63) is 59.2 Å². The lowest BCUT2D eigenvalue weighted by Gasteiger charge is -2.25. The van der Waals surface area contributed by atoms with Crippen LogP contribution in [0.2, 0.25) is 0 Å². The van der Waals surface area contributed by atoms with Gasteiger partial charge in [-0.1, -0.05) is 6.07 Å². The topological polar surface area (TPSA) is 92.2 Å². The quantitative estimate of drug-likeness (QED) is 0.752. The number of hydrogen-bond acceptors (Lipinski definition) is 4. The summed E-state index contributed by atoms with van der Waals surface area (Å²) < 4.78 is 27.1. The molecule has 27 heavy (non-hydrogen) atoms. The van der Waals surface area contributed by atoms with Crippen LogP contribution in [0.5, 0.6) is 0 Å². The summed E-state index contributed by atoms with van der Waals surface area (Å²) in [6.07, 6.45) is 1.58. The zero-order valence-corrected chi connectivity index (χ0v) is 15.5. The SMILES string of the molecule is CC(C)(Cc1ccc(C(=O)C(C)(C)c2ncc(F)cc2F)nc1)NC(=O)O. The van der Waals surface area contributed by atoms with Crippen LogP contribution in [0.4, 0.5) is 13.6 Å². The number of aromatic nitrogens is 2. The fraction of sp³-hybridized carbons (Fsp3) is 0.368. The monoisotopic (exact) mass is 377 g/mol. The number of nitrogens with one attached hydrogen (secondary N) is 1. The van der Waals surface area contributed by atoms with Crippen molar-refractivity contribution in [1.29, 1.82) is 0 Å². The van der Waals surface area contributed by atoms with Crippen LogP contribution in [0, 0.1) is 11.6 Å². The standard InChI is InChI=1S/C19H21F2N3O3/c1-18(2,24-17(26)27)8-11-5-6-14(22-9-11)16(25)19(3,4)15-13(21)7-12(20)10-23-15/h5-7,9-10,24H,8H2,1-4H3,(H,26,27). The average Bonchev–Trinajstić information content (AvgIpc) is 2.52. The summed E-state index contributed by atoms with van der Waals surface area (Å²) >= 11 is 0. The van der Waals surface area contributed by atoms with Gasteiger partial charge in [0.15, 0.2) is 5.78 Å². The summed E-state index contributed by atoms with van der Waals surface area (Å²) in [5.41, 5.74) is -1.37. The van der Waals surface area contributed by atoms with Crippen molar-refractivity contribution in [3.63, 3.8) is 0 Å². The van der Waals surface area contributed by atoms with E-state index in [0.717, 1.165) is 11.8 Å². The predicted octanol–water partition coefficient (Wildman–Crippen LogP) is 3.50. The van der Waals surface area contributed by atoms with Gasteiger partial charge in [0.25, 0.3) is 0 Å². The molecule has 0 atom stereocenters. The molecular formula is C19H21F2N3O3. The van der Waals surface area contributed by atoms with Gasteiger partial charge >= 0.3 is 6.09 Å². The Kier molecular flexibility index (Phi) is 5.58. The second-order valence-corrected chi connectivity index (χ2v) is 7.48. The highest BCUT2D eigenvalue weighted by Crippen LogP contribution is 2.28. The van der Waals surface area contributed by atoms with E-state index < -0.39 is 34.5 Å². The van der Waals surface area contributed by atoms with E-state index in [2.05, 4.69) is 15.3 Å². The van der Waals surface area contributed by atoms with Crippen LogP contribution in [0.3, 0.4) is 0 Å². The number of Topliss-reactive ketones (excluding diaryl/α,β-unsaturated/α-hetero) is 1. The van der Waals surface area contributed by atoms with E-state index in [1.807, 2.05) is 0 Å². The molecule has 2 aromatic heterocycles. The minimum atomic E-state index is -1.34. The van der Waals surface area contributed by atoms with E-state index in [4.69, 9.17) is 5.11 Å². The third-order valence-corrected chi connectivity index (χ3v) is 4.12. The summed E-state index contributed by atoms with van der Waals surface area (Å²) in [5, 5.41) is 11.3. The molecule has 0 aliphatic heterocycles. The number of pyridine rings is 2. The molecule has 0 aromatic carbocycles. The maximum Gasteiger partial charge on any atom is 0.405 e. The van der Waals surface area contributed by atoms with E-state index >= 15 is 0 Å². The number of carboxylic acid groups (broad SMARTS) is 1. The molecule has 144 valence electrons. The molecule has 0 fully saturated rings. The van der Waals surface area contributed by atoms with E-state index in [0.29, 0.717) is 12.5 Å². The molecule has 0 saturated carbocycles. The van der Waals surface area contributed by atoms with Gasteiger partial charge in [-0.2, -0.15) is 0 Å². The van der Waals surface area contributed by atoms with Crippen molar-refractivity contribution in [3.8, 4) is 0 Å². The maximum atomic E-state index is 14.0. The summed E-state index contributed by atoms with van der Waals surface area (Å²) in [7, 11) is 0. The first kappa shape index (κ1) is 20.4. The molecule has 1 amide bonds. The Bertz CT molecular complexity index is 865. The number of hydrogen-bond donors (Lipinski definition) is 2. The molecule has 8 heteroatoms. The normalized spacial score (nSPS) is 11.9. The minimum Gasteiger partial charge on any atom is -0.465 e. The highest BCUT2D eigenvalue weighted by atomic mass is 19.1. The lowest BCUT2D eigenvalue weighted by Crippen LogP contribution is -2.44. The van der Waals surface area contributed by atoms with Crippen LogP contribution in [-0.2, 0) is 11.8 Å². The molecular weight excluding hydrogens is 356 g/mol. The number of rotatable bonds is 6. The first-order chi connectivity index (χ1) is 12.4. The molecule has 0 radical (unpaired) electrons. The van der Waals surface area contributed by atoms with Gasteiger partial charge in [-0.15, -0.1) is 0 Å². The van der Waals surface area contributed by atoms with Gasteiger partial charge in [-0.25, -0.2) is 13.6 Å². The molecule has 2 aromatic rings. The molecule has 0 saturated heterocycles. The van der Waals surface area contributed by atoms with E-state index in [9.17, 15) is 18.4 Å². The Labute approximate surface area is 155 Å². The number of ketones is 1. The first-order valence-electron chi connectivity index (χ1n) is 8.25. The Morgan fingerprint density at radius 1 is 1.11 bits per heavy atom. The fourth-order valence-corrected chi connectivity index (χ4v) is 2.81. The number of amides is 1. The van der Waals surface area contributed by atoms with Gasteiger partial charge < -0.3 is 10.4 Å². The number of nitrogens with zero attached hydrogens (tertiary/aromatic N) is 2. The second-order valence-electron chi connectivity index (χ2n) is 7.48. The van der Waals surface area contributed by atoms with Gasteiger partial charge in [0.2, 0.25) is 0 Å². The molecule has 0 unspecified atom stereocenters. The van der Waals surface area contributed by atoms with E-state index in [-0.39, 0.29) is 11.4 Å². The molecule has 0 spiro atoms. The van der Waals surface area contributed by atoms with Crippen molar-refractivity contribution in [2.45, 2.75) is 45.1 Å². The third-order valence-electron chi connectivity index (χ3n) is 4.12. The van der Waals surface area contributed by atoms with Gasteiger partial charge in [-0.05, 0) is 45.7 Å². The predicted molar refractivity (Wildman–Crippen MR) is 94.7 cm³/mol. The highest BCUT2D eigenvalue weighted by molar-refractivity contribution is 6.01. The Morgan fingerprint density at radius 3 is 2.30 bits per heavy atom. The molecule has 2 rings (SSSR count). The second kappa shape index (κ2) is 7.38. The minimum absolute atomic E-state index is 0.110. The summed E-state index contributed by atoms with van der Waals surface area (Å²) in [6, 6.07) is 3.85. The van der Waals surface area contributed by atoms with Crippen LogP contribution in [0.15, 0.2) is 30.6 Å².